The molecule has 0 bridgehead atoms. The van der Waals surface area contributed by atoms with Crippen molar-refractivity contribution in [2.75, 3.05) is 24.7 Å². The zero-order valence-electron chi connectivity index (χ0n) is 18.5. The average molecular weight is 482 g/mol. The van der Waals surface area contributed by atoms with Crippen molar-refractivity contribution in [3.63, 3.8) is 0 Å². The van der Waals surface area contributed by atoms with E-state index in [1.807, 2.05) is 54.8 Å². The van der Waals surface area contributed by atoms with Crippen molar-refractivity contribution >= 4 is 33.4 Å². The summed E-state index contributed by atoms with van der Waals surface area (Å²) in [4.78, 5) is 18.1. The molecule has 1 aromatic heterocycles. The topological polar surface area (TPSA) is 79.4 Å². The van der Waals surface area contributed by atoms with Gasteiger partial charge in [0.05, 0.1) is 4.90 Å². The van der Waals surface area contributed by atoms with Crippen molar-refractivity contribution < 1.29 is 13.2 Å². The summed E-state index contributed by atoms with van der Waals surface area (Å²) >= 11 is 1.57. The number of rotatable bonds is 7. The molecule has 1 aliphatic heterocycles. The van der Waals surface area contributed by atoms with Crippen LogP contribution in [0.15, 0.2) is 82.8 Å². The number of carbonyl (C=O) groups is 1. The van der Waals surface area contributed by atoms with E-state index in [9.17, 15) is 13.2 Å². The molecule has 0 saturated carbocycles. The summed E-state index contributed by atoms with van der Waals surface area (Å²) in [6.07, 6.45) is 7.34. The van der Waals surface area contributed by atoms with Gasteiger partial charge < -0.3 is 5.32 Å². The number of nitrogens with zero attached hydrogens (tertiary/aromatic N) is 2. The molecule has 0 unspecified atom stereocenters. The number of anilines is 1. The Kier molecular flexibility index (Phi) is 7.47. The monoisotopic (exact) mass is 481 g/mol. The molecule has 1 aliphatic rings. The van der Waals surface area contributed by atoms with Crippen LogP contribution in [-0.2, 0) is 21.2 Å². The van der Waals surface area contributed by atoms with E-state index in [1.165, 1.54) is 9.87 Å². The molecule has 6 nitrogen and oxygen atoms in total. The molecule has 8 heteroatoms. The Morgan fingerprint density at radius 3 is 2.18 bits per heavy atom. The van der Waals surface area contributed by atoms with Gasteiger partial charge in [-0.1, -0.05) is 12.1 Å². The van der Waals surface area contributed by atoms with E-state index in [1.54, 1.807) is 36.3 Å². The molecule has 33 heavy (non-hydrogen) atoms. The minimum atomic E-state index is -3.54. The molecule has 0 atom stereocenters. The highest BCUT2D eigenvalue weighted by Gasteiger charge is 2.32. The third-order valence-corrected chi connectivity index (χ3v) is 8.56. The summed E-state index contributed by atoms with van der Waals surface area (Å²) in [5.74, 6) is -0.259. The minimum absolute atomic E-state index is 0.0572. The molecule has 1 N–H and O–H groups in total. The fraction of sp³-hybridized carbons (Fsp3) is 0.280. The number of hydrogen-bond donors (Lipinski definition) is 1. The predicted octanol–water partition coefficient (Wildman–Crippen LogP) is 4.43. The highest BCUT2D eigenvalue weighted by Crippen LogP contribution is 2.26. The Hall–Kier alpha value is -2.68. The van der Waals surface area contributed by atoms with Gasteiger partial charge in [0.2, 0.25) is 15.9 Å². The third-order valence-electron chi connectivity index (χ3n) is 5.90. The normalized spacial score (nSPS) is 15.3. The highest BCUT2D eigenvalue weighted by molar-refractivity contribution is 7.98. The maximum absolute atomic E-state index is 12.9. The lowest BCUT2D eigenvalue weighted by molar-refractivity contribution is -0.120. The van der Waals surface area contributed by atoms with E-state index >= 15 is 0 Å². The third kappa shape index (κ3) is 5.82. The lowest BCUT2D eigenvalue weighted by Gasteiger charge is -2.30. The molecule has 1 amide bonds. The van der Waals surface area contributed by atoms with Gasteiger partial charge in [0, 0.05) is 42.0 Å². The van der Waals surface area contributed by atoms with Gasteiger partial charge in [0.25, 0.3) is 0 Å². The predicted molar refractivity (Wildman–Crippen MR) is 132 cm³/mol. The quantitative estimate of drug-likeness (QED) is 0.505. The number of benzene rings is 2. The van der Waals surface area contributed by atoms with Gasteiger partial charge in [-0.15, -0.1) is 11.8 Å². The van der Waals surface area contributed by atoms with Crippen LogP contribution in [0.2, 0.25) is 0 Å². The Labute approximate surface area is 199 Å². The number of aromatic nitrogens is 1. The van der Waals surface area contributed by atoms with Crippen LogP contribution in [0.1, 0.15) is 24.0 Å². The van der Waals surface area contributed by atoms with Gasteiger partial charge in [-0.2, -0.15) is 4.31 Å². The van der Waals surface area contributed by atoms with Crippen LogP contribution in [-0.4, -0.2) is 43.0 Å². The first kappa shape index (κ1) is 23.5. The smallest absolute Gasteiger partial charge is 0.243 e. The molecule has 2 aromatic carbocycles. The number of pyridine rings is 1. The molecule has 0 radical (unpaired) electrons. The maximum atomic E-state index is 12.9. The summed E-state index contributed by atoms with van der Waals surface area (Å²) in [6.45, 7) is 0.686. The summed E-state index contributed by atoms with van der Waals surface area (Å²) in [5, 5.41) is 2.98. The number of amides is 1. The van der Waals surface area contributed by atoms with Crippen molar-refractivity contribution in [2.24, 2.45) is 5.92 Å². The molecule has 2 heterocycles. The van der Waals surface area contributed by atoms with Gasteiger partial charge in [-0.05, 0) is 85.2 Å². The van der Waals surface area contributed by atoms with E-state index in [4.69, 9.17) is 0 Å². The van der Waals surface area contributed by atoms with E-state index in [2.05, 4.69) is 10.3 Å². The van der Waals surface area contributed by atoms with Gasteiger partial charge in [-0.3, -0.25) is 9.78 Å². The summed E-state index contributed by atoms with van der Waals surface area (Å²) < 4.78 is 27.3. The molecular formula is C25H27N3O3S2. The van der Waals surface area contributed by atoms with Crippen LogP contribution in [0.5, 0.6) is 0 Å². The number of nitrogens with one attached hydrogen (secondary N) is 1. The van der Waals surface area contributed by atoms with Crippen LogP contribution in [0.3, 0.4) is 0 Å². The molecule has 0 spiro atoms. The molecule has 0 aliphatic carbocycles. The molecule has 3 aromatic rings. The van der Waals surface area contributed by atoms with Crippen molar-refractivity contribution in [1.29, 1.82) is 0 Å². The van der Waals surface area contributed by atoms with E-state index in [0.29, 0.717) is 30.8 Å². The Morgan fingerprint density at radius 1 is 0.970 bits per heavy atom. The number of thioether (sulfide) groups is 1. The second-order valence-electron chi connectivity index (χ2n) is 8.07. The number of hydrogen-bond acceptors (Lipinski definition) is 5. The number of sulfonamides is 1. The fourth-order valence-corrected chi connectivity index (χ4v) is 5.82. The molecule has 1 fully saturated rings. The largest absolute Gasteiger partial charge is 0.326 e. The lowest BCUT2D eigenvalue weighted by Crippen LogP contribution is -2.41. The van der Waals surface area contributed by atoms with Crippen molar-refractivity contribution in [2.45, 2.75) is 29.1 Å². The van der Waals surface area contributed by atoms with Gasteiger partial charge in [0.15, 0.2) is 0 Å². The van der Waals surface area contributed by atoms with Crippen LogP contribution < -0.4 is 5.32 Å². The second-order valence-corrected chi connectivity index (χ2v) is 10.9. The standard InChI is InChI=1S/C25H27N3O3S2/c1-32-23-6-8-24(9-7-23)33(30,31)28-16-12-21(13-17-28)25(29)27-22-4-2-19(3-5-22)18-20-10-14-26-15-11-20/h2-11,14-15,21H,12-13,16-18H2,1H3,(H,27,29). The maximum Gasteiger partial charge on any atom is 0.243 e. The molecule has 172 valence electrons. The van der Waals surface area contributed by atoms with Crippen molar-refractivity contribution in [3.8, 4) is 0 Å². The second kappa shape index (κ2) is 10.5. The zero-order chi connectivity index (χ0) is 23.3. The first-order chi connectivity index (χ1) is 16.0. The first-order valence-corrected chi connectivity index (χ1v) is 13.5. The van der Waals surface area contributed by atoms with E-state index in [0.717, 1.165) is 22.6 Å². The van der Waals surface area contributed by atoms with Crippen LogP contribution >= 0.6 is 11.8 Å². The van der Waals surface area contributed by atoms with Gasteiger partial charge >= 0.3 is 0 Å². The van der Waals surface area contributed by atoms with Crippen molar-refractivity contribution in [3.05, 3.63) is 84.2 Å². The van der Waals surface area contributed by atoms with Gasteiger partial charge in [0.1, 0.15) is 0 Å². The molecule has 1 saturated heterocycles. The number of carbonyl (C=O) groups excluding carboxylic acids is 1. The van der Waals surface area contributed by atoms with Crippen LogP contribution in [0.25, 0.3) is 0 Å². The lowest BCUT2D eigenvalue weighted by atomic mass is 9.97. The number of piperidine rings is 1. The molecular weight excluding hydrogens is 454 g/mol. The summed E-state index contributed by atoms with van der Waals surface area (Å²) in [6, 6.07) is 18.7. The van der Waals surface area contributed by atoms with E-state index < -0.39 is 10.0 Å². The van der Waals surface area contributed by atoms with Crippen LogP contribution in [0, 0.1) is 5.92 Å². The Morgan fingerprint density at radius 2 is 1.58 bits per heavy atom. The Balaban J connectivity index is 1.31. The van der Waals surface area contributed by atoms with Crippen molar-refractivity contribution in [1.82, 2.24) is 9.29 Å². The SMILES string of the molecule is CSc1ccc(S(=O)(=O)N2CCC(C(=O)Nc3ccc(Cc4ccncc4)cc3)CC2)cc1. The summed E-state index contributed by atoms with van der Waals surface area (Å²) in [5.41, 5.74) is 3.09. The molecule has 4 rings (SSSR count). The van der Waals surface area contributed by atoms with Gasteiger partial charge in [-0.25, -0.2) is 8.42 Å². The average Bonchev–Trinajstić information content (AvgIpc) is 2.86. The van der Waals surface area contributed by atoms with Crippen LogP contribution in [0.4, 0.5) is 5.69 Å². The fourth-order valence-electron chi connectivity index (χ4n) is 3.94. The first-order valence-electron chi connectivity index (χ1n) is 10.9. The highest BCUT2D eigenvalue weighted by atomic mass is 32.2. The zero-order valence-corrected chi connectivity index (χ0v) is 20.1. The minimum Gasteiger partial charge on any atom is -0.326 e. The van der Waals surface area contributed by atoms with E-state index in [-0.39, 0.29) is 11.8 Å². The Bertz CT molecular complexity index is 1170. The summed E-state index contributed by atoms with van der Waals surface area (Å²) in [7, 11) is -3.54.